The van der Waals surface area contributed by atoms with Gasteiger partial charge in [0.1, 0.15) is 5.75 Å². The molecule has 2 heterocycles. The summed E-state index contributed by atoms with van der Waals surface area (Å²) in [6.07, 6.45) is 4.43. The lowest BCUT2D eigenvalue weighted by molar-refractivity contribution is 0.0948. The molecule has 2 aromatic carbocycles. The Labute approximate surface area is 193 Å². The molecule has 0 spiro atoms. The van der Waals surface area contributed by atoms with Gasteiger partial charge in [0.25, 0.3) is 5.91 Å². The van der Waals surface area contributed by atoms with Gasteiger partial charge < -0.3 is 15.3 Å². The quantitative estimate of drug-likeness (QED) is 0.628. The first-order valence-corrected chi connectivity index (χ1v) is 11.4. The number of nitrogens with zero attached hydrogens (tertiary/aromatic N) is 2. The van der Waals surface area contributed by atoms with Crippen molar-refractivity contribution in [3.05, 3.63) is 93.3 Å². The number of phenols is 1. The van der Waals surface area contributed by atoms with E-state index in [-0.39, 0.29) is 17.6 Å². The number of carbonyl (C=O) groups excluding carboxylic acids is 1. The zero-order valence-corrected chi connectivity index (χ0v) is 18.8. The number of carbonyl (C=O) groups is 1. The minimum atomic E-state index is -0.0768. The highest BCUT2D eigenvalue weighted by Crippen LogP contribution is 2.45. The van der Waals surface area contributed by atoms with Crippen molar-refractivity contribution in [3.63, 3.8) is 0 Å². The van der Waals surface area contributed by atoms with Gasteiger partial charge in [0.15, 0.2) is 0 Å². The minimum Gasteiger partial charge on any atom is -0.506 e. The van der Waals surface area contributed by atoms with E-state index in [0.29, 0.717) is 17.6 Å². The second kappa shape index (κ2) is 8.57. The van der Waals surface area contributed by atoms with Gasteiger partial charge in [-0.3, -0.25) is 9.78 Å². The van der Waals surface area contributed by atoms with E-state index in [4.69, 9.17) is 11.6 Å². The maximum Gasteiger partial charge on any atom is 0.251 e. The highest BCUT2D eigenvalue weighted by molar-refractivity contribution is 6.32. The second-order valence-electron chi connectivity index (χ2n) is 8.69. The fourth-order valence-electron chi connectivity index (χ4n) is 5.26. The summed E-state index contributed by atoms with van der Waals surface area (Å²) in [7, 11) is 2.17. The lowest BCUT2D eigenvalue weighted by atomic mass is 9.73. The van der Waals surface area contributed by atoms with Crippen molar-refractivity contribution in [1.29, 1.82) is 0 Å². The standard InChI is InChI=1S/C26H26ClN3O2/c1-30-12-10-16-13-22(27)24(31)14-21(16)25-19-6-4-7-20(18(19)8-9-23(25)30)26(32)29-15-17-5-2-3-11-28-17/h2-7,11,13-14,23,25,31H,8-10,12,15H2,1H3,(H,29,32)/t23-,25+/m0/s1. The third-order valence-corrected chi connectivity index (χ3v) is 7.17. The molecular formula is C26H26ClN3O2. The third kappa shape index (κ3) is 3.76. The van der Waals surface area contributed by atoms with Crippen LogP contribution in [0.15, 0.2) is 54.7 Å². The van der Waals surface area contributed by atoms with Gasteiger partial charge in [0, 0.05) is 30.3 Å². The van der Waals surface area contributed by atoms with Gasteiger partial charge in [-0.1, -0.05) is 29.8 Å². The van der Waals surface area contributed by atoms with Gasteiger partial charge in [0.05, 0.1) is 17.3 Å². The lowest BCUT2D eigenvalue weighted by Crippen LogP contribution is -2.40. The number of likely N-dealkylation sites (N-methyl/N-ethyl adjacent to an activating group) is 1. The number of phenolic OH excluding ortho intramolecular Hbond substituents is 1. The van der Waals surface area contributed by atoms with E-state index >= 15 is 0 Å². The summed E-state index contributed by atoms with van der Waals surface area (Å²) < 4.78 is 0. The van der Waals surface area contributed by atoms with Gasteiger partial charge in [0.2, 0.25) is 0 Å². The summed E-state index contributed by atoms with van der Waals surface area (Å²) in [5.74, 6) is 0.130. The van der Waals surface area contributed by atoms with Crippen LogP contribution in [0.5, 0.6) is 5.75 Å². The number of aromatic nitrogens is 1. The van der Waals surface area contributed by atoms with Gasteiger partial charge in [-0.05, 0) is 78.9 Å². The Kier molecular flexibility index (Phi) is 5.62. The van der Waals surface area contributed by atoms with Gasteiger partial charge in [-0.15, -0.1) is 0 Å². The SMILES string of the molecule is CN1CCc2cc(Cl)c(O)cc2[C@H]2c3cccc(C(=O)NCc4ccccn4)c3CC[C@@H]21. The monoisotopic (exact) mass is 447 g/mol. The number of halogens is 1. The van der Waals surface area contributed by atoms with E-state index in [1.165, 1.54) is 11.1 Å². The molecule has 6 heteroatoms. The molecule has 1 aromatic heterocycles. The Morgan fingerprint density at radius 3 is 2.88 bits per heavy atom. The highest BCUT2D eigenvalue weighted by Gasteiger charge is 2.38. The maximum atomic E-state index is 13.1. The third-order valence-electron chi connectivity index (χ3n) is 6.87. The zero-order chi connectivity index (χ0) is 22.2. The molecule has 164 valence electrons. The van der Waals surface area contributed by atoms with E-state index in [0.717, 1.165) is 48.2 Å². The van der Waals surface area contributed by atoms with Crippen molar-refractivity contribution >= 4 is 17.5 Å². The molecule has 1 amide bonds. The Morgan fingerprint density at radius 1 is 1.19 bits per heavy atom. The molecule has 2 N–H and O–H groups in total. The van der Waals surface area contributed by atoms with Gasteiger partial charge >= 0.3 is 0 Å². The first kappa shape index (κ1) is 21.0. The van der Waals surface area contributed by atoms with Gasteiger partial charge in [-0.2, -0.15) is 0 Å². The average molecular weight is 448 g/mol. The first-order chi connectivity index (χ1) is 15.5. The molecule has 0 fully saturated rings. The van der Waals surface area contributed by atoms with Crippen molar-refractivity contribution in [3.8, 4) is 5.75 Å². The number of pyridine rings is 1. The smallest absolute Gasteiger partial charge is 0.251 e. The summed E-state index contributed by atoms with van der Waals surface area (Å²) in [5.41, 5.74) is 6.12. The number of nitrogens with one attached hydrogen (secondary N) is 1. The summed E-state index contributed by atoms with van der Waals surface area (Å²) in [4.78, 5) is 19.8. The van der Waals surface area contributed by atoms with Crippen LogP contribution in [0.3, 0.4) is 0 Å². The van der Waals surface area contributed by atoms with Crippen LogP contribution < -0.4 is 5.32 Å². The number of hydrogen-bond acceptors (Lipinski definition) is 4. The molecule has 32 heavy (non-hydrogen) atoms. The molecule has 0 saturated carbocycles. The predicted octanol–water partition coefficient (Wildman–Crippen LogP) is 4.31. The largest absolute Gasteiger partial charge is 0.506 e. The molecule has 3 aromatic rings. The van der Waals surface area contributed by atoms with E-state index in [1.807, 2.05) is 42.5 Å². The van der Waals surface area contributed by atoms with Crippen LogP contribution in [-0.2, 0) is 19.4 Å². The normalized spacial score (nSPS) is 19.9. The Hall–Kier alpha value is -2.89. The molecule has 1 aliphatic heterocycles. The number of benzene rings is 2. The van der Waals surface area contributed by atoms with E-state index in [2.05, 4.69) is 28.3 Å². The van der Waals surface area contributed by atoms with Crippen LogP contribution >= 0.6 is 11.6 Å². The molecule has 2 aliphatic rings. The number of aromatic hydroxyl groups is 1. The summed E-state index contributed by atoms with van der Waals surface area (Å²) >= 11 is 6.24. The van der Waals surface area contributed by atoms with Crippen LogP contribution in [-0.4, -0.2) is 40.5 Å². The van der Waals surface area contributed by atoms with E-state index < -0.39 is 0 Å². The average Bonchev–Trinajstić information content (AvgIpc) is 2.95. The summed E-state index contributed by atoms with van der Waals surface area (Å²) in [6, 6.07) is 15.7. The summed E-state index contributed by atoms with van der Waals surface area (Å²) in [6.45, 7) is 1.34. The van der Waals surface area contributed by atoms with Crippen LogP contribution in [0.2, 0.25) is 5.02 Å². The molecular weight excluding hydrogens is 422 g/mol. The molecule has 0 bridgehead atoms. The van der Waals surface area contributed by atoms with Crippen LogP contribution in [0.1, 0.15) is 50.6 Å². The molecule has 0 saturated heterocycles. The zero-order valence-electron chi connectivity index (χ0n) is 18.0. The maximum absolute atomic E-state index is 13.1. The fourth-order valence-corrected chi connectivity index (χ4v) is 5.45. The van der Waals surface area contributed by atoms with Crippen molar-refractivity contribution in [1.82, 2.24) is 15.2 Å². The number of rotatable bonds is 3. The fraction of sp³-hybridized carbons (Fsp3) is 0.308. The van der Waals surface area contributed by atoms with Crippen molar-refractivity contribution in [2.24, 2.45) is 0 Å². The van der Waals surface area contributed by atoms with Crippen molar-refractivity contribution in [2.75, 3.05) is 13.6 Å². The summed E-state index contributed by atoms with van der Waals surface area (Å²) in [5, 5.41) is 13.8. The van der Waals surface area contributed by atoms with Crippen LogP contribution in [0.25, 0.3) is 0 Å². The highest BCUT2D eigenvalue weighted by atomic mass is 35.5. The van der Waals surface area contributed by atoms with Crippen molar-refractivity contribution < 1.29 is 9.90 Å². The molecule has 0 radical (unpaired) electrons. The van der Waals surface area contributed by atoms with E-state index in [1.54, 1.807) is 6.20 Å². The Bertz CT molecular complexity index is 1170. The Morgan fingerprint density at radius 2 is 2.06 bits per heavy atom. The first-order valence-electron chi connectivity index (χ1n) is 11.0. The number of fused-ring (bicyclic) bond motifs is 5. The number of hydrogen-bond donors (Lipinski definition) is 2. The Balaban J connectivity index is 1.53. The predicted molar refractivity (Wildman–Crippen MR) is 125 cm³/mol. The van der Waals surface area contributed by atoms with Crippen molar-refractivity contribution in [2.45, 2.75) is 37.8 Å². The molecule has 0 unspecified atom stereocenters. The van der Waals surface area contributed by atoms with E-state index in [9.17, 15) is 9.90 Å². The molecule has 5 rings (SSSR count). The number of amides is 1. The second-order valence-corrected chi connectivity index (χ2v) is 9.10. The lowest BCUT2D eigenvalue weighted by Gasteiger charge is -2.38. The molecule has 5 nitrogen and oxygen atoms in total. The minimum absolute atomic E-state index is 0.0768. The van der Waals surface area contributed by atoms with Crippen LogP contribution in [0.4, 0.5) is 0 Å². The molecule has 1 aliphatic carbocycles. The topological polar surface area (TPSA) is 65.5 Å². The van der Waals surface area contributed by atoms with Gasteiger partial charge in [-0.25, -0.2) is 0 Å². The molecule has 2 atom stereocenters. The van der Waals surface area contributed by atoms with Crippen LogP contribution in [0, 0.1) is 0 Å².